The van der Waals surface area contributed by atoms with Crippen LogP contribution in [0.15, 0.2) is 0 Å². The van der Waals surface area contributed by atoms with Crippen molar-refractivity contribution in [1.29, 1.82) is 0 Å². The number of rotatable bonds is 1. The molecule has 0 amide bonds. The highest BCUT2D eigenvalue weighted by molar-refractivity contribution is 4.73. The van der Waals surface area contributed by atoms with E-state index in [-0.39, 0.29) is 0 Å². The highest BCUT2D eigenvalue weighted by Crippen LogP contribution is 2.27. The molecular formula is C9H18N4. The first-order valence-electron chi connectivity index (χ1n) is 5.12. The molecule has 74 valence electrons. The number of hydrogen-bond donors (Lipinski definition) is 0. The zero-order chi connectivity index (χ0) is 9.68. The topological polar surface area (TPSA) is 43.6 Å². The van der Waals surface area contributed by atoms with Crippen LogP contribution in [-0.4, -0.2) is 20.2 Å². The van der Waals surface area contributed by atoms with Crippen LogP contribution in [0.25, 0.3) is 0 Å². The summed E-state index contributed by atoms with van der Waals surface area (Å²) in [6.07, 6.45) is 5.06. The molecule has 1 aliphatic carbocycles. The first kappa shape index (κ1) is 10.2. The molecule has 2 rings (SSSR count). The summed E-state index contributed by atoms with van der Waals surface area (Å²) in [6, 6.07) is 0.524. The van der Waals surface area contributed by atoms with Gasteiger partial charge in [-0.15, -0.1) is 10.2 Å². The van der Waals surface area contributed by atoms with E-state index in [9.17, 15) is 0 Å². The molecule has 0 atom stereocenters. The van der Waals surface area contributed by atoms with Crippen LogP contribution in [0.5, 0.6) is 0 Å². The van der Waals surface area contributed by atoms with Crippen LogP contribution in [-0.2, 0) is 0 Å². The molecule has 4 nitrogen and oxygen atoms in total. The summed E-state index contributed by atoms with van der Waals surface area (Å²) in [7, 11) is 0. The van der Waals surface area contributed by atoms with E-state index in [4.69, 9.17) is 0 Å². The lowest BCUT2D eigenvalue weighted by atomic mass is 10.3. The maximum atomic E-state index is 4.19. The molecule has 0 saturated heterocycles. The smallest absolute Gasteiger partial charge is 0.161 e. The average Bonchev–Trinajstić information content (AvgIpc) is 2.77. The lowest BCUT2D eigenvalue weighted by molar-refractivity contribution is 0.404. The summed E-state index contributed by atoms with van der Waals surface area (Å²) in [5, 5.41) is 12.0. The molecule has 4 heteroatoms. The van der Waals surface area contributed by atoms with Crippen molar-refractivity contribution in [2.75, 3.05) is 0 Å². The maximum Gasteiger partial charge on any atom is 0.171 e. The molecule has 0 N–H and O–H groups in total. The molecule has 0 bridgehead atoms. The van der Waals surface area contributed by atoms with Gasteiger partial charge in [0.2, 0.25) is 0 Å². The summed E-state index contributed by atoms with van der Waals surface area (Å²) in [5.74, 6) is 0.775. The van der Waals surface area contributed by atoms with Gasteiger partial charge < -0.3 is 0 Å². The third-order valence-electron chi connectivity index (χ3n) is 2.18. The minimum absolute atomic E-state index is 0.524. The first-order valence-corrected chi connectivity index (χ1v) is 5.12. The zero-order valence-corrected chi connectivity index (χ0v) is 8.69. The monoisotopic (exact) mass is 182 g/mol. The predicted octanol–water partition coefficient (Wildman–Crippen LogP) is 2.12. The third kappa shape index (κ3) is 2.50. The Morgan fingerprint density at radius 1 is 1.23 bits per heavy atom. The number of nitrogens with zero attached hydrogens (tertiary/aromatic N) is 4. The van der Waals surface area contributed by atoms with E-state index >= 15 is 0 Å². The van der Waals surface area contributed by atoms with E-state index in [0.717, 1.165) is 5.82 Å². The minimum atomic E-state index is 0.524. The van der Waals surface area contributed by atoms with E-state index in [1.165, 1.54) is 25.7 Å². The molecule has 0 aromatic carbocycles. The summed E-state index contributed by atoms with van der Waals surface area (Å²) < 4.78 is 0. The van der Waals surface area contributed by atoms with E-state index in [2.05, 4.69) is 15.4 Å². The van der Waals surface area contributed by atoms with Crippen molar-refractivity contribution in [1.82, 2.24) is 20.2 Å². The Morgan fingerprint density at radius 3 is 2.31 bits per heavy atom. The van der Waals surface area contributed by atoms with Crippen molar-refractivity contribution in [3.63, 3.8) is 0 Å². The molecule has 1 saturated carbocycles. The van der Waals surface area contributed by atoms with Crippen LogP contribution in [0.4, 0.5) is 0 Å². The van der Waals surface area contributed by atoms with Gasteiger partial charge in [0.05, 0.1) is 6.04 Å². The quantitative estimate of drug-likeness (QED) is 0.668. The highest BCUT2D eigenvalue weighted by atomic mass is 15.6. The van der Waals surface area contributed by atoms with Gasteiger partial charge in [0.15, 0.2) is 5.82 Å². The van der Waals surface area contributed by atoms with Crippen molar-refractivity contribution < 1.29 is 0 Å². The molecule has 1 heterocycles. The van der Waals surface area contributed by atoms with E-state index < -0.39 is 0 Å². The largest absolute Gasteiger partial charge is 0.171 e. The average molecular weight is 182 g/mol. The zero-order valence-electron chi connectivity index (χ0n) is 8.69. The Balaban J connectivity index is 0.000000396. The van der Waals surface area contributed by atoms with Crippen LogP contribution < -0.4 is 0 Å². The minimum Gasteiger partial charge on any atom is -0.161 e. The van der Waals surface area contributed by atoms with Crippen LogP contribution in [0.2, 0.25) is 0 Å². The van der Waals surface area contributed by atoms with Crippen molar-refractivity contribution >= 4 is 0 Å². The Bertz CT molecular complexity index is 238. The lowest BCUT2D eigenvalue weighted by Gasteiger charge is -2.04. The van der Waals surface area contributed by atoms with Crippen molar-refractivity contribution in [3.8, 4) is 0 Å². The first-order chi connectivity index (χ1) is 6.36. The third-order valence-corrected chi connectivity index (χ3v) is 2.18. The Labute approximate surface area is 79.3 Å². The van der Waals surface area contributed by atoms with Gasteiger partial charge in [0.1, 0.15) is 0 Å². The molecule has 1 aromatic heterocycles. The summed E-state index contributed by atoms with van der Waals surface area (Å²) in [4.78, 5) is 1.77. The van der Waals surface area contributed by atoms with Gasteiger partial charge in [-0.2, -0.15) is 4.80 Å². The van der Waals surface area contributed by atoms with E-state index in [1.807, 2.05) is 20.8 Å². The van der Waals surface area contributed by atoms with Gasteiger partial charge in [-0.3, -0.25) is 0 Å². The number of tetrazole rings is 1. The second-order valence-corrected chi connectivity index (χ2v) is 3.10. The van der Waals surface area contributed by atoms with Gasteiger partial charge in [0, 0.05) is 0 Å². The van der Waals surface area contributed by atoms with E-state index in [1.54, 1.807) is 4.80 Å². The number of aromatic nitrogens is 4. The molecular weight excluding hydrogens is 164 g/mol. The molecule has 1 aliphatic rings. The number of hydrogen-bond acceptors (Lipinski definition) is 3. The molecule has 1 aromatic rings. The van der Waals surface area contributed by atoms with Crippen molar-refractivity contribution in [2.45, 2.75) is 52.5 Å². The van der Waals surface area contributed by atoms with Crippen molar-refractivity contribution in [2.24, 2.45) is 0 Å². The van der Waals surface area contributed by atoms with Gasteiger partial charge in [0.25, 0.3) is 0 Å². The second kappa shape index (κ2) is 4.94. The predicted molar refractivity (Wildman–Crippen MR) is 51.4 cm³/mol. The maximum absolute atomic E-state index is 4.19. The van der Waals surface area contributed by atoms with Crippen LogP contribution >= 0.6 is 0 Å². The van der Waals surface area contributed by atoms with Crippen LogP contribution in [0.3, 0.4) is 0 Å². The van der Waals surface area contributed by atoms with Gasteiger partial charge in [-0.1, -0.05) is 26.7 Å². The van der Waals surface area contributed by atoms with Crippen molar-refractivity contribution in [3.05, 3.63) is 5.82 Å². The van der Waals surface area contributed by atoms with Gasteiger partial charge >= 0.3 is 0 Å². The van der Waals surface area contributed by atoms with Gasteiger partial charge in [-0.25, -0.2) is 0 Å². The fraction of sp³-hybridized carbons (Fsp3) is 0.889. The fourth-order valence-electron chi connectivity index (χ4n) is 1.59. The molecule has 13 heavy (non-hydrogen) atoms. The summed E-state index contributed by atoms with van der Waals surface area (Å²) in [6.45, 7) is 5.87. The van der Waals surface area contributed by atoms with Gasteiger partial charge in [-0.05, 0) is 25.0 Å². The Morgan fingerprint density at radius 2 is 1.85 bits per heavy atom. The lowest BCUT2D eigenvalue weighted by Crippen LogP contribution is -2.08. The SMILES string of the molecule is CC.Cc1nnn(C2CCCC2)n1. The molecule has 0 aliphatic heterocycles. The Hall–Kier alpha value is -0.930. The normalized spacial score (nSPS) is 16.8. The second-order valence-electron chi connectivity index (χ2n) is 3.10. The highest BCUT2D eigenvalue weighted by Gasteiger charge is 2.18. The number of aryl methyl sites for hydroxylation is 1. The molecule has 0 radical (unpaired) electrons. The fourth-order valence-corrected chi connectivity index (χ4v) is 1.59. The molecule has 1 fully saturated rings. The molecule has 0 spiro atoms. The molecule has 0 unspecified atom stereocenters. The summed E-state index contributed by atoms with van der Waals surface area (Å²) >= 11 is 0. The van der Waals surface area contributed by atoms with E-state index in [0.29, 0.717) is 6.04 Å². The Kier molecular flexibility index (Phi) is 3.86. The van der Waals surface area contributed by atoms with Crippen LogP contribution in [0, 0.1) is 6.92 Å². The van der Waals surface area contributed by atoms with Crippen LogP contribution in [0.1, 0.15) is 51.4 Å². The standard InChI is InChI=1S/C7H12N4.C2H6/c1-6-8-10-11(9-6)7-4-2-3-5-7;1-2/h7H,2-5H2,1H3;1-2H3. The summed E-state index contributed by atoms with van der Waals surface area (Å²) in [5.41, 5.74) is 0.